The Morgan fingerprint density at radius 2 is 1.87 bits per heavy atom. The van der Waals surface area contributed by atoms with Crippen LogP contribution in [-0.4, -0.2) is 45.7 Å². The Balaban J connectivity index is 1.39. The van der Waals surface area contributed by atoms with E-state index in [9.17, 15) is 4.39 Å². The average Bonchev–Trinajstić information content (AvgIpc) is 2.98. The fraction of sp³-hybridized carbons (Fsp3) is 0.294. The van der Waals surface area contributed by atoms with Gasteiger partial charge in [0.05, 0.1) is 11.2 Å². The SMILES string of the molecule is [18F]c1cccc(N2CCN(Cc3cc4ccccn4n3)CC2)n1. The van der Waals surface area contributed by atoms with Crippen LogP contribution in [0.1, 0.15) is 5.69 Å². The van der Waals surface area contributed by atoms with E-state index in [1.54, 1.807) is 6.07 Å². The number of pyridine rings is 2. The lowest BCUT2D eigenvalue weighted by molar-refractivity contribution is 0.246. The molecular weight excluding hydrogens is 292 g/mol. The number of fused-ring (bicyclic) bond motifs is 1. The first-order valence-corrected chi connectivity index (χ1v) is 7.81. The van der Waals surface area contributed by atoms with Gasteiger partial charge in [-0.05, 0) is 30.3 Å². The smallest absolute Gasteiger partial charge is 0.214 e. The predicted molar refractivity (Wildman–Crippen MR) is 86.9 cm³/mol. The highest BCUT2D eigenvalue weighted by atomic mass is 18.2. The summed E-state index contributed by atoms with van der Waals surface area (Å²) in [7, 11) is 0. The zero-order chi connectivity index (χ0) is 15.6. The van der Waals surface area contributed by atoms with Crippen molar-refractivity contribution in [3.8, 4) is 0 Å². The highest BCUT2D eigenvalue weighted by Crippen LogP contribution is 2.15. The fourth-order valence-corrected chi connectivity index (χ4v) is 3.01. The van der Waals surface area contributed by atoms with E-state index < -0.39 is 5.95 Å². The molecule has 0 aromatic carbocycles. The summed E-state index contributed by atoms with van der Waals surface area (Å²) in [6, 6.07) is 13.1. The molecule has 0 N–H and O–H groups in total. The second-order valence-corrected chi connectivity index (χ2v) is 5.79. The van der Waals surface area contributed by atoms with Crippen molar-refractivity contribution in [3.63, 3.8) is 0 Å². The summed E-state index contributed by atoms with van der Waals surface area (Å²) in [4.78, 5) is 8.46. The van der Waals surface area contributed by atoms with E-state index in [4.69, 9.17) is 0 Å². The molecule has 0 saturated carbocycles. The molecule has 6 heteroatoms. The molecule has 0 unspecified atom stereocenters. The minimum Gasteiger partial charge on any atom is -0.354 e. The number of nitrogens with zero attached hydrogens (tertiary/aromatic N) is 5. The van der Waals surface area contributed by atoms with Gasteiger partial charge in [-0.3, -0.25) is 4.90 Å². The van der Waals surface area contributed by atoms with Gasteiger partial charge in [0, 0.05) is 38.9 Å². The number of rotatable bonds is 3. The second-order valence-electron chi connectivity index (χ2n) is 5.79. The van der Waals surface area contributed by atoms with Gasteiger partial charge in [-0.1, -0.05) is 12.1 Å². The average molecular weight is 310 g/mol. The van der Waals surface area contributed by atoms with E-state index >= 15 is 0 Å². The standard InChI is InChI=1S/C17H18FN5/c18-16-5-3-6-17(19-16)22-10-8-21(9-11-22)13-14-12-15-4-1-2-7-23(15)20-14/h1-7,12H,8-11,13H2/i18-1. The Morgan fingerprint density at radius 1 is 1.00 bits per heavy atom. The first kappa shape index (κ1) is 14.1. The molecule has 3 aromatic rings. The van der Waals surface area contributed by atoms with Gasteiger partial charge in [0.1, 0.15) is 5.82 Å². The lowest BCUT2D eigenvalue weighted by Crippen LogP contribution is -2.46. The number of hydrogen-bond donors (Lipinski definition) is 0. The molecule has 1 saturated heterocycles. The molecule has 0 bridgehead atoms. The second kappa shape index (κ2) is 5.96. The third-order valence-electron chi connectivity index (χ3n) is 4.20. The molecule has 1 aliphatic heterocycles. The van der Waals surface area contributed by atoms with E-state index in [-0.39, 0.29) is 0 Å². The van der Waals surface area contributed by atoms with E-state index in [2.05, 4.69) is 32.0 Å². The number of aromatic nitrogens is 3. The van der Waals surface area contributed by atoms with Gasteiger partial charge >= 0.3 is 0 Å². The van der Waals surface area contributed by atoms with E-state index in [1.807, 2.05) is 28.9 Å². The van der Waals surface area contributed by atoms with Crippen LogP contribution in [0.25, 0.3) is 5.52 Å². The Labute approximate surface area is 134 Å². The van der Waals surface area contributed by atoms with Crippen LogP contribution in [0.2, 0.25) is 0 Å². The van der Waals surface area contributed by atoms with Crippen molar-refractivity contribution in [2.45, 2.75) is 6.54 Å². The van der Waals surface area contributed by atoms with Crippen LogP contribution in [0.15, 0.2) is 48.7 Å². The minimum absolute atomic E-state index is 0.422. The summed E-state index contributed by atoms with van der Waals surface area (Å²) in [5.41, 5.74) is 2.19. The molecule has 1 aliphatic rings. The first-order valence-electron chi connectivity index (χ1n) is 7.81. The molecule has 118 valence electrons. The number of piperazine rings is 1. The molecule has 0 aliphatic carbocycles. The largest absolute Gasteiger partial charge is 0.354 e. The summed E-state index contributed by atoms with van der Waals surface area (Å²) >= 11 is 0. The van der Waals surface area contributed by atoms with Gasteiger partial charge in [0.25, 0.3) is 0 Å². The van der Waals surface area contributed by atoms with Gasteiger partial charge in [-0.2, -0.15) is 9.49 Å². The van der Waals surface area contributed by atoms with Crippen LogP contribution in [0.5, 0.6) is 0 Å². The molecule has 1 fully saturated rings. The van der Waals surface area contributed by atoms with E-state index in [1.165, 1.54) is 6.07 Å². The molecular formula is C17H18FN5. The molecule has 0 amide bonds. The third-order valence-corrected chi connectivity index (χ3v) is 4.20. The molecule has 0 atom stereocenters. The van der Waals surface area contributed by atoms with Gasteiger partial charge in [0.2, 0.25) is 5.95 Å². The van der Waals surface area contributed by atoms with Crippen molar-refractivity contribution in [1.29, 1.82) is 0 Å². The molecule has 4 heterocycles. The van der Waals surface area contributed by atoms with Crippen molar-refractivity contribution in [3.05, 3.63) is 60.3 Å². The third kappa shape index (κ3) is 3.03. The topological polar surface area (TPSA) is 36.7 Å². The minimum atomic E-state index is -0.422. The monoisotopic (exact) mass is 310 g/mol. The van der Waals surface area contributed by atoms with Crippen molar-refractivity contribution in [2.24, 2.45) is 0 Å². The van der Waals surface area contributed by atoms with Gasteiger partial charge in [-0.15, -0.1) is 0 Å². The Hall–Kier alpha value is -2.47. The molecule has 5 nitrogen and oxygen atoms in total. The van der Waals surface area contributed by atoms with Crippen LogP contribution < -0.4 is 4.90 Å². The van der Waals surface area contributed by atoms with Crippen molar-refractivity contribution in [2.75, 3.05) is 31.1 Å². The Kier molecular flexibility index (Phi) is 3.67. The Bertz CT molecular complexity index is 774. The molecule has 0 radical (unpaired) electrons. The molecule has 4 rings (SSSR count). The van der Waals surface area contributed by atoms with Crippen LogP contribution in [0.3, 0.4) is 0 Å². The van der Waals surface area contributed by atoms with E-state index in [0.29, 0.717) is 0 Å². The van der Waals surface area contributed by atoms with Gasteiger partial charge < -0.3 is 4.90 Å². The highest BCUT2D eigenvalue weighted by Gasteiger charge is 2.19. The van der Waals surface area contributed by atoms with Crippen molar-refractivity contribution < 1.29 is 4.39 Å². The maximum absolute atomic E-state index is 13.2. The summed E-state index contributed by atoms with van der Waals surface area (Å²) in [5.74, 6) is 0.298. The summed E-state index contributed by atoms with van der Waals surface area (Å²) < 4.78 is 15.1. The summed E-state index contributed by atoms with van der Waals surface area (Å²) in [6.45, 7) is 4.39. The summed E-state index contributed by atoms with van der Waals surface area (Å²) in [6.07, 6.45) is 1.96. The fourth-order valence-electron chi connectivity index (χ4n) is 3.01. The lowest BCUT2D eigenvalue weighted by Gasteiger charge is -2.35. The molecule has 3 aromatic heterocycles. The highest BCUT2D eigenvalue weighted by molar-refractivity contribution is 5.47. The van der Waals surface area contributed by atoms with Crippen LogP contribution in [0.4, 0.5) is 10.2 Å². The molecule has 0 spiro atoms. The molecule has 23 heavy (non-hydrogen) atoms. The number of anilines is 1. The normalized spacial score (nSPS) is 16.1. The van der Waals surface area contributed by atoms with Crippen molar-refractivity contribution in [1.82, 2.24) is 19.5 Å². The quantitative estimate of drug-likeness (QED) is 0.695. The van der Waals surface area contributed by atoms with Gasteiger partial charge in [0.15, 0.2) is 0 Å². The van der Waals surface area contributed by atoms with Gasteiger partial charge in [-0.25, -0.2) is 9.50 Å². The van der Waals surface area contributed by atoms with Crippen LogP contribution in [-0.2, 0) is 6.54 Å². The zero-order valence-corrected chi connectivity index (χ0v) is 12.8. The van der Waals surface area contributed by atoms with Crippen molar-refractivity contribution >= 4 is 11.3 Å². The van der Waals surface area contributed by atoms with E-state index in [0.717, 1.165) is 49.8 Å². The number of hydrogen-bond acceptors (Lipinski definition) is 4. The first-order chi connectivity index (χ1) is 11.3. The van der Waals surface area contributed by atoms with Crippen LogP contribution in [0, 0.1) is 5.95 Å². The summed E-state index contributed by atoms with van der Waals surface area (Å²) in [5, 5.41) is 4.60. The maximum Gasteiger partial charge on any atom is 0.214 e. The Morgan fingerprint density at radius 3 is 2.65 bits per heavy atom. The number of halogens is 1. The van der Waals surface area contributed by atoms with Crippen LogP contribution >= 0.6 is 0 Å². The zero-order valence-electron chi connectivity index (χ0n) is 12.8. The lowest BCUT2D eigenvalue weighted by atomic mass is 10.2. The predicted octanol–water partition coefficient (Wildman–Crippen LogP) is 2.19. The maximum atomic E-state index is 13.2.